The van der Waals surface area contributed by atoms with Crippen molar-refractivity contribution in [3.63, 3.8) is 0 Å². The van der Waals surface area contributed by atoms with Crippen molar-refractivity contribution in [2.45, 2.75) is 12.6 Å². The molecule has 1 N–H and O–H groups in total. The van der Waals surface area contributed by atoms with Gasteiger partial charge in [-0.05, 0) is 28.7 Å². The predicted octanol–water partition coefficient (Wildman–Crippen LogP) is 2.28. The van der Waals surface area contributed by atoms with E-state index in [0.29, 0.717) is 6.61 Å². The zero-order chi connectivity index (χ0) is 10.8. The summed E-state index contributed by atoms with van der Waals surface area (Å²) in [6.07, 6.45) is 0.0950. The second kappa shape index (κ2) is 4.67. The fraction of sp³-hybridized carbons (Fsp3) is 0.444. The Labute approximate surface area is 105 Å². The molecule has 0 saturated heterocycles. The maximum Gasteiger partial charge on any atom is 0.409 e. The van der Waals surface area contributed by atoms with Crippen molar-refractivity contribution >= 4 is 40.0 Å². The lowest BCUT2D eigenvalue weighted by molar-refractivity contribution is 0.0197. The first kappa shape index (κ1) is 11.2. The number of methoxy groups -OCH3 is 1. The number of fused-ring (bicyclic) bond motifs is 1. The van der Waals surface area contributed by atoms with Crippen LogP contribution >= 0.6 is 33.9 Å². The van der Waals surface area contributed by atoms with E-state index in [1.165, 1.54) is 14.9 Å². The predicted molar refractivity (Wildman–Crippen MR) is 65.0 cm³/mol. The minimum absolute atomic E-state index is 0.360. The highest BCUT2D eigenvalue weighted by atomic mass is 127. The molecule has 0 saturated carbocycles. The van der Waals surface area contributed by atoms with Crippen LogP contribution < -0.4 is 5.32 Å². The highest BCUT2D eigenvalue weighted by Gasteiger charge is 2.24. The molecular formula is C9H10INO3S. The van der Waals surface area contributed by atoms with E-state index in [1.54, 1.807) is 11.3 Å². The fourth-order valence-corrected chi connectivity index (χ4v) is 3.49. The molecule has 2 rings (SSSR count). The lowest BCUT2D eigenvalue weighted by atomic mass is 10.1. The molecule has 4 nitrogen and oxygen atoms in total. The van der Waals surface area contributed by atoms with Crippen molar-refractivity contribution < 1.29 is 14.3 Å². The van der Waals surface area contributed by atoms with Gasteiger partial charge in [-0.2, -0.15) is 0 Å². The normalized spacial score (nSPS) is 19.5. The molecule has 6 heteroatoms. The van der Waals surface area contributed by atoms with Gasteiger partial charge >= 0.3 is 6.09 Å². The number of hydrogen-bond acceptors (Lipinski definition) is 4. The van der Waals surface area contributed by atoms with E-state index in [1.807, 2.05) is 6.07 Å². The van der Waals surface area contributed by atoms with E-state index in [4.69, 9.17) is 4.74 Å². The number of hydrogen-bond donors (Lipinski definition) is 1. The van der Waals surface area contributed by atoms with Gasteiger partial charge in [0.2, 0.25) is 0 Å². The smallest absolute Gasteiger partial charge is 0.409 e. The molecule has 0 radical (unpaired) electrons. The molecule has 82 valence electrons. The molecule has 1 atom stereocenters. The van der Waals surface area contributed by atoms with Gasteiger partial charge in [-0.1, -0.05) is 0 Å². The fourth-order valence-electron chi connectivity index (χ4n) is 1.47. The number of rotatable bonds is 1. The van der Waals surface area contributed by atoms with Gasteiger partial charge in [0.05, 0.1) is 16.6 Å². The molecule has 1 aliphatic heterocycles. The average molecular weight is 339 g/mol. The first-order chi connectivity index (χ1) is 7.20. The molecule has 2 heterocycles. The van der Waals surface area contributed by atoms with Crippen LogP contribution in [-0.2, 0) is 15.9 Å². The third-order valence-electron chi connectivity index (χ3n) is 2.14. The molecule has 0 spiro atoms. The second-order valence-electron chi connectivity index (χ2n) is 3.07. The summed E-state index contributed by atoms with van der Waals surface area (Å²) in [6.45, 7) is 0.637. The minimum Gasteiger partial charge on any atom is -0.453 e. The molecule has 0 aliphatic carbocycles. The summed E-state index contributed by atoms with van der Waals surface area (Å²) in [7, 11) is 1.34. The first-order valence-corrected chi connectivity index (χ1v) is 6.34. The zero-order valence-electron chi connectivity index (χ0n) is 8.08. The van der Waals surface area contributed by atoms with Gasteiger partial charge in [-0.15, -0.1) is 11.3 Å². The highest BCUT2D eigenvalue weighted by Crippen LogP contribution is 2.33. The molecule has 0 bridgehead atoms. The number of halogens is 1. The van der Waals surface area contributed by atoms with Gasteiger partial charge in [0.25, 0.3) is 0 Å². The van der Waals surface area contributed by atoms with E-state index in [2.05, 4.69) is 32.6 Å². The lowest BCUT2D eigenvalue weighted by Gasteiger charge is -2.23. The van der Waals surface area contributed by atoms with Gasteiger partial charge < -0.3 is 9.47 Å². The Morgan fingerprint density at radius 3 is 3.33 bits per heavy atom. The Bertz CT molecular complexity index is 379. The van der Waals surface area contributed by atoms with Crippen LogP contribution in [0.4, 0.5) is 4.79 Å². The van der Waals surface area contributed by atoms with Crippen LogP contribution in [0.25, 0.3) is 0 Å². The SMILES string of the molecule is COC(=O)NC1OCCc2sc(I)cc21. The average Bonchev–Trinajstić information content (AvgIpc) is 2.59. The van der Waals surface area contributed by atoms with E-state index in [9.17, 15) is 4.79 Å². The van der Waals surface area contributed by atoms with Crippen LogP contribution in [-0.4, -0.2) is 19.8 Å². The van der Waals surface area contributed by atoms with Crippen molar-refractivity contribution in [2.24, 2.45) is 0 Å². The minimum atomic E-state index is -0.464. The van der Waals surface area contributed by atoms with E-state index in [-0.39, 0.29) is 6.23 Å². The molecule has 0 fully saturated rings. The van der Waals surface area contributed by atoms with Crippen LogP contribution in [0.3, 0.4) is 0 Å². The number of thiophene rings is 1. The number of amides is 1. The number of carbonyl (C=O) groups is 1. The van der Waals surface area contributed by atoms with E-state index in [0.717, 1.165) is 12.0 Å². The summed E-state index contributed by atoms with van der Waals surface area (Å²) in [4.78, 5) is 12.4. The van der Waals surface area contributed by atoms with Crippen molar-refractivity contribution in [3.05, 3.63) is 19.4 Å². The van der Waals surface area contributed by atoms with Crippen molar-refractivity contribution in [2.75, 3.05) is 13.7 Å². The largest absolute Gasteiger partial charge is 0.453 e. The molecular weight excluding hydrogens is 329 g/mol. The van der Waals surface area contributed by atoms with Crippen LogP contribution in [0.2, 0.25) is 0 Å². The Balaban J connectivity index is 2.18. The van der Waals surface area contributed by atoms with Crippen LogP contribution in [0.5, 0.6) is 0 Å². The molecule has 1 unspecified atom stereocenters. The topological polar surface area (TPSA) is 47.6 Å². The second-order valence-corrected chi connectivity index (χ2v) is 6.10. The van der Waals surface area contributed by atoms with E-state index >= 15 is 0 Å². The summed E-state index contributed by atoms with van der Waals surface area (Å²) >= 11 is 4.02. The molecule has 1 aromatic rings. The summed E-state index contributed by atoms with van der Waals surface area (Å²) in [5, 5.41) is 2.66. The number of alkyl carbamates (subject to hydrolysis) is 1. The van der Waals surface area contributed by atoms with Crippen molar-refractivity contribution in [1.82, 2.24) is 5.32 Å². The van der Waals surface area contributed by atoms with Crippen LogP contribution in [0, 0.1) is 2.88 Å². The third-order valence-corrected chi connectivity index (χ3v) is 4.11. The Morgan fingerprint density at radius 1 is 1.80 bits per heavy atom. The molecule has 0 aromatic carbocycles. The van der Waals surface area contributed by atoms with Crippen molar-refractivity contribution in [1.29, 1.82) is 0 Å². The maximum absolute atomic E-state index is 11.1. The molecule has 1 aliphatic rings. The summed E-state index contributed by atoms with van der Waals surface area (Å²) < 4.78 is 11.2. The number of carbonyl (C=O) groups excluding carboxylic acids is 1. The Hall–Kier alpha value is -0.340. The quantitative estimate of drug-likeness (QED) is 0.799. The van der Waals surface area contributed by atoms with Gasteiger partial charge in [0.1, 0.15) is 0 Å². The Morgan fingerprint density at radius 2 is 2.60 bits per heavy atom. The zero-order valence-corrected chi connectivity index (χ0v) is 11.1. The standard InChI is InChI=1S/C9H10INO3S/c1-13-9(12)11-8-5-4-7(10)15-6(5)2-3-14-8/h4,8H,2-3H2,1H3,(H,11,12). The number of nitrogens with one attached hydrogen (secondary N) is 1. The van der Waals surface area contributed by atoms with E-state index < -0.39 is 6.09 Å². The molecule has 1 aromatic heterocycles. The van der Waals surface area contributed by atoms with Gasteiger partial charge in [-0.3, -0.25) is 5.32 Å². The van der Waals surface area contributed by atoms with Crippen molar-refractivity contribution in [3.8, 4) is 0 Å². The maximum atomic E-state index is 11.1. The summed E-state index contributed by atoms with van der Waals surface area (Å²) in [5.74, 6) is 0. The number of ether oxygens (including phenoxy) is 2. The first-order valence-electron chi connectivity index (χ1n) is 4.45. The highest BCUT2D eigenvalue weighted by molar-refractivity contribution is 14.1. The Kier molecular flexibility index (Phi) is 3.47. The van der Waals surface area contributed by atoms with Crippen LogP contribution in [0.15, 0.2) is 6.07 Å². The molecule has 1 amide bonds. The summed E-state index contributed by atoms with van der Waals surface area (Å²) in [5.41, 5.74) is 1.06. The third kappa shape index (κ3) is 2.43. The van der Waals surface area contributed by atoms with Gasteiger partial charge in [-0.25, -0.2) is 4.79 Å². The summed E-state index contributed by atoms with van der Waals surface area (Å²) in [6, 6.07) is 2.04. The van der Waals surface area contributed by atoms with Crippen LogP contribution in [0.1, 0.15) is 16.7 Å². The lowest BCUT2D eigenvalue weighted by Crippen LogP contribution is -2.32. The monoisotopic (exact) mass is 339 g/mol. The molecule has 15 heavy (non-hydrogen) atoms. The van der Waals surface area contributed by atoms with Gasteiger partial charge in [0.15, 0.2) is 6.23 Å². The van der Waals surface area contributed by atoms with Gasteiger partial charge in [0, 0.05) is 16.9 Å².